The summed E-state index contributed by atoms with van der Waals surface area (Å²) >= 11 is 0. The summed E-state index contributed by atoms with van der Waals surface area (Å²) in [6, 6.07) is 10.8. The number of carbonyl (C=O) groups is 3. The number of nitrogens with zero attached hydrogens (tertiary/aromatic N) is 2. The standard InChI is InChI=1S/C37H53N3O9Si/c1-6-48-27-13-15-30-25(21-27)22-29(38-17-8-10-19-41)35(44)40(30)26-12-14-31-28(23-26)37(36(45)39(31)18-9-7-11-33(43)47-3)24(2)34(50(4,5)46)32(49-37)16-20-42/h12-15,21,23-24,29,32,34,38,41-42,46H,6-11,16-20,22H2,1-5H3/t24-,29?,32+,34-,37+/m0/s1. The van der Waals surface area contributed by atoms with Crippen molar-refractivity contribution in [3.05, 3.63) is 47.5 Å². The number of aliphatic hydroxyl groups excluding tert-OH is 2. The lowest BCUT2D eigenvalue weighted by Crippen LogP contribution is -2.49. The summed E-state index contributed by atoms with van der Waals surface area (Å²) in [5.41, 5.74) is 1.77. The number of esters is 1. The van der Waals surface area contributed by atoms with Crippen LogP contribution in [0.2, 0.25) is 18.6 Å². The first-order valence-electron chi connectivity index (χ1n) is 17.9. The monoisotopic (exact) mass is 711 g/mol. The minimum atomic E-state index is -2.91. The van der Waals surface area contributed by atoms with Gasteiger partial charge in [0.25, 0.3) is 5.91 Å². The third-order valence-electron chi connectivity index (χ3n) is 10.4. The van der Waals surface area contributed by atoms with E-state index in [-0.39, 0.29) is 49.4 Å². The van der Waals surface area contributed by atoms with E-state index in [0.717, 1.165) is 17.7 Å². The fraction of sp³-hybridized carbons (Fsp3) is 0.595. The van der Waals surface area contributed by atoms with Gasteiger partial charge in [-0.05, 0) is 107 Å². The summed E-state index contributed by atoms with van der Waals surface area (Å²) in [4.78, 5) is 55.8. The van der Waals surface area contributed by atoms with E-state index >= 15 is 0 Å². The summed E-state index contributed by atoms with van der Waals surface area (Å²) in [7, 11) is -1.55. The van der Waals surface area contributed by atoms with Crippen LogP contribution in [0.1, 0.15) is 63.5 Å². The third-order valence-corrected chi connectivity index (χ3v) is 12.9. The van der Waals surface area contributed by atoms with Crippen LogP contribution in [0.3, 0.4) is 0 Å². The van der Waals surface area contributed by atoms with E-state index in [2.05, 4.69) is 5.32 Å². The largest absolute Gasteiger partial charge is 0.494 e. The predicted molar refractivity (Wildman–Crippen MR) is 192 cm³/mol. The quantitative estimate of drug-likeness (QED) is 0.114. The van der Waals surface area contributed by atoms with Crippen molar-refractivity contribution >= 4 is 43.2 Å². The van der Waals surface area contributed by atoms with Crippen molar-refractivity contribution in [2.75, 3.05) is 49.8 Å². The Balaban J connectivity index is 1.60. The molecule has 0 aromatic heterocycles. The van der Waals surface area contributed by atoms with Gasteiger partial charge in [0.1, 0.15) is 5.75 Å². The number of carbonyl (C=O) groups excluding carboxylic acids is 3. The van der Waals surface area contributed by atoms with Crippen molar-refractivity contribution < 1.29 is 43.6 Å². The average Bonchev–Trinajstić information content (AvgIpc) is 3.51. The number of fused-ring (bicyclic) bond motifs is 3. The highest BCUT2D eigenvalue weighted by atomic mass is 28.4. The molecule has 2 amide bonds. The molecule has 0 radical (unpaired) electrons. The number of amides is 2. The number of hydrogen-bond acceptors (Lipinski definition) is 10. The molecule has 1 fully saturated rings. The van der Waals surface area contributed by atoms with Gasteiger partial charge < -0.3 is 39.4 Å². The molecular formula is C37H53N3O9Si. The summed E-state index contributed by atoms with van der Waals surface area (Å²) in [6.07, 6.45) is 2.90. The number of hydrogen-bond donors (Lipinski definition) is 4. The number of benzene rings is 2. The second kappa shape index (κ2) is 15.9. The number of unbranched alkanes of at least 4 members (excludes halogenated alkanes) is 2. The van der Waals surface area contributed by atoms with Crippen molar-refractivity contribution in [1.82, 2.24) is 5.32 Å². The molecule has 3 aliphatic rings. The molecule has 274 valence electrons. The minimum absolute atomic E-state index is 0.0846. The van der Waals surface area contributed by atoms with Gasteiger partial charge in [-0.15, -0.1) is 0 Å². The zero-order valence-corrected chi connectivity index (χ0v) is 30.9. The van der Waals surface area contributed by atoms with E-state index in [9.17, 15) is 29.4 Å². The van der Waals surface area contributed by atoms with Crippen molar-refractivity contribution in [2.45, 2.75) is 95.2 Å². The molecule has 1 saturated heterocycles. The Hall–Kier alpha value is -3.33. The summed E-state index contributed by atoms with van der Waals surface area (Å²) < 4.78 is 17.4. The first kappa shape index (κ1) is 37.9. The maximum absolute atomic E-state index is 14.7. The average molecular weight is 712 g/mol. The van der Waals surface area contributed by atoms with E-state index < -0.39 is 32.0 Å². The van der Waals surface area contributed by atoms with Gasteiger partial charge in [0.15, 0.2) is 13.9 Å². The molecule has 5 atom stereocenters. The van der Waals surface area contributed by atoms with Gasteiger partial charge >= 0.3 is 5.97 Å². The molecule has 1 spiro atoms. The maximum atomic E-state index is 14.7. The number of methoxy groups -OCH3 is 1. The highest BCUT2D eigenvalue weighted by Gasteiger charge is 2.66. The molecule has 3 heterocycles. The highest BCUT2D eigenvalue weighted by Crippen LogP contribution is 2.60. The first-order chi connectivity index (χ1) is 23.9. The molecule has 0 aliphatic carbocycles. The fourth-order valence-electron chi connectivity index (χ4n) is 8.19. The second-order valence-corrected chi connectivity index (χ2v) is 18.1. The number of aliphatic hydroxyl groups is 2. The lowest BCUT2D eigenvalue weighted by molar-refractivity contribution is -0.146. The zero-order valence-electron chi connectivity index (χ0n) is 29.9. The van der Waals surface area contributed by atoms with Crippen LogP contribution in [0.15, 0.2) is 36.4 Å². The molecule has 50 heavy (non-hydrogen) atoms. The van der Waals surface area contributed by atoms with E-state index in [4.69, 9.17) is 14.2 Å². The minimum Gasteiger partial charge on any atom is -0.494 e. The van der Waals surface area contributed by atoms with E-state index in [1.807, 2.05) is 63.3 Å². The van der Waals surface area contributed by atoms with E-state index in [1.165, 1.54) is 7.11 Å². The van der Waals surface area contributed by atoms with Crippen LogP contribution >= 0.6 is 0 Å². The molecular weight excluding hydrogens is 659 g/mol. The van der Waals surface area contributed by atoms with Crippen LogP contribution in [-0.4, -0.2) is 93.3 Å². The van der Waals surface area contributed by atoms with Gasteiger partial charge in [0.05, 0.1) is 37.2 Å². The van der Waals surface area contributed by atoms with Crippen molar-refractivity contribution in [3.63, 3.8) is 0 Å². The Labute approximate surface area is 295 Å². The molecule has 0 saturated carbocycles. The Morgan fingerprint density at radius 1 is 1.06 bits per heavy atom. The van der Waals surface area contributed by atoms with Gasteiger partial charge in [-0.25, -0.2) is 0 Å². The Morgan fingerprint density at radius 2 is 1.82 bits per heavy atom. The number of rotatable bonds is 16. The number of ether oxygens (including phenoxy) is 3. The third kappa shape index (κ3) is 7.21. The fourth-order valence-corrected chi connectivity index (χ4v) is 10.8. The number of nitrogens with one attached hydrogen (secondary N) is 1. The molecule has 13 heteroatoms. The van der Waals surface area contributed by atoms with Crippen LogP contribution in [0.25, 0.3) is 0 Å². The Morgan fingerprint density at radius 3 is 2.50 bits per heavy atom. The van der Waals surface area contributed by atoms with E-state index in [1.54, 1.807) is 9.80 Å². The van der Waals surface area contributed by atoms with Crippen LogP contribution in [-0.2, 0) is 35.9 Å². The topological polar surface area (TPSA) is 158 Å². The molecule has 3 aliphatic heterocycles. The lowest BCUT2D eigenvalue weighted by Gasteiger charge is -2.36. The molecule has 2 aromatic rings. The first-order valence-corrected chi connectivity index (χ1v) is 20.9. The Kier molecular flexibility index (Phi) is 12.1. The lowest BCUT2D eigenvalue weighted by atomic mass is 9.82. The van der Waals surface area contributed by atoms with Crippen molar-refractivity contribution in [2.24, 2.45) is 5.92 Å². The normalized spacial score (nSPS) is 24.6. The molecule has 5 rings (SSSR count). The SMILES string of the molecule is CCOc1ccc2c(c1)CC(NCCCCO)C(=O)N2c1ccc2c(c1)[C@@]1(O[C@H](CCO)[C@@H]([Si](C)(C)O)[C@@H]1C)C(=O)N2CCCCC(=O)OC. The second-order valence-electron chi connectivity index (χ2n) is 14.1. The Bertz CT molecular complexity index is 1550. The summed E-state index contributed by atoms with van der Waals surface area (Å²) in [5, 5.41) is 22.7. The summed E-state index contributed by atoms with van der Waals surface area (Å²) in [5.74, 6) is -0.395. The summed E-state index contributed by atoms with van der Waals surface area (Å²) in [6.45, 7) is 8.92. The molecule has 4 N–H and O–H groups in total. The van der Waals surface area contributed by atoms with Gasteiger partial charge in [0.2, 0.25) is 5.91 Å². The van der Waals surface area contributed by atoms with Crippen LogP contribution < -0.4 is 19.9 Å². The van der Waals surface area contributed by atoms with E-state index in [0.29, 0.717) is 68.1 Å². The van der Waals surface area contributed by atoms with Gasteiger partial charge in [0, 0.05) is 48.9 Å². The van der Waals surface area contributed by atoms with Gasteiger partial charge in [-0.2, -0.15) is 0 Å². The molecule has 1 unspecified atom stereocenters. The van der Waals surface area contributed by atoms with Crippen LogP contribution in [0, 0.1) is 5.92 Å². The van der Waals surface area contributed by atoms with Gasteiger partial charge in [-0.1, -0.05) is 6.92 Å². The number of anilines is 3. The maximum Gasteiger partial charge on any atom is 0.305 e. The van der Waals surface area contributed by atoms with Crippen molar-refractivity contribution in [1.29, 1.82) is 0 Å². The zero-order chi connectivity index (χ0) is 36.2. The van der Waals surface area contributed by atoms with Crippen LogP contribution in [0.5, 0.6) is 5.75 Å². The molecule has 0 bridgehead atoms. The van der Waals surface area contributed by atoms with Gasteiger partial charge in [-0.3, -0.25) is 19.3 Å². The van der Waals surface area contributed by atoms with Crippen LogP contribution in [0.4, 0.5) is 17.1 Å². The highest BCUT2D eigenvalue weighted by molar-refractivity contribution is 6.71. The predicted octanol–water partition coefficient (Wildman–Crippen LogP) is 3.91. The smallest absolute Gasteiger partial charge is 0.305 e. The molecule has 2 aromatic carbocycles. The van der Waals surface area contributed by atoms with Crippen molar-refractivity contribution in [3.8, 4) is 5.75 Å². The molecule has 12 nitrogen and oxygen atoms in total.